The van der Waals surface area contributed by atoms with E-state index in [9.17, 15) is 9.18 Å². The van der Waals surface area contributed by atoms with Crippen molar-refractivity contribution in [2.45, 2.75) is 0 Å². The maximum atomic E-state index is 13.7. The summed E-state index contributed by atoms with van der Waals surface area (Å²) < 4.78 is 14.9. The van der Waals surface area contributed by atoms with E-state index in [-0.39, 0.29) is 11.3 Å². The minimum atomic E-state index is -0.553. The summed E-state index contributed by atoms with van der Waals surface area (Å²) >= 11 is 6.39. The van der Waals surface area contributed by atoms with Crippen LogP contribution < -0.4 is 5.73 Å². The second-order valence-electron chi connectivity index (χ2n) is 3.69. The van der Waals surface area contributed by atoms with E-state index in [1.54, 1.807) is 24.3 Å². The van der Waals surface area contributed by atoms with Gasteiger partial charge in [0.1, 0.15) is 5.82 Å². The standard InChI is InChI=1S/C13H8Br2FNO/c14-8-2-3-9(11(16)6-8)13(18)7-1-4-12(17)10(15)5-7/h1-6H,17H2. The summed E-state index contributed by atoms with van der Waals surface area (Å²) in [5, 5.41) is 0. The quantitative estimate of drug-likeness (QED) is 0.635. The van der Waals surface area contributed by atoms with Crippen LogP contribution in [0, 0.1) is 5.82 Å². The number of benzene rings is 2. The van der Waals surface area contributed by atoms with E-state index in [0.29, 0.717) is 20.2 Å². The minimum Gasteiger partial charge on any atom is -0.398 e. The molecule has 2 N–H and O–H groups in total. The Morgan fingerprint density at radius 2 is 1.83 bits per heavy atom. The molecule has 0 spiro atoms. The van der Waals surface area contributed by atoms with Gasteiger partial charge >= 0.3 is 0 Å². The van der Waals surface area contributed by atoms with Crippen molar-refractivity contribution in [3.8, 4) is 0 Å². The average molecular weight is 373 g/mol. The number of carbonyl (C=O) groups is 1. The van der Waals surface area contributed by atoms with E-state index in [2.05, 4.69) is 31.9 Å². The molecule has 0 aliphatic carbocycles. The summed E-state index contributed by atoms with van der Waals surface area (Å²) in [6.07, 6.45) is 0. The molecular formula is C13H8Br2FNO. The van der Waals surface area contributed by atoms with Crippen LogP contribution in [0.2, 0.25) is 0 Å². The maximum absolute atomic E-state index is 13.7. The number of nitrogens with two attached hydrogens (primary N) is 1. The van der Waals surface area contributed by atoms with E-state index in [1.807, 2.05) is 0 Å². The molecule has 0 radical (unpaired) electrons. The summed E-state index contributed by atoms with van der Waals surface area (Å²) in [7, 11) is 0. The molecular weight excluding hydrogens is 365 g/mol. The summed E-state index contributed by atoms with van der Waals surface area (Å²) in [6.45, 7) is 0. The van der Waals surface area contributed by atoms with Crippen LogP contribution in [-0.4, -0.2) is 5.78 Å². The summed E-state index contributed by atoms with van der Waals surface area (Å²) in [6, 6.07) is 9.10. The molecule has 2 aromatic rings. The van der Waals surface area contributed by atoms with Crippen LogP contribution in [0.1, 0.15) is 15.9 Å². The van der Waals surface area contributed by atoms with Gasteiger partial charge in [-0.2, -0.15) is 0 Å². The SMILES string of the molecule is Nc1ccc(C(=O)c2ccc(Br)cc2F)cc1Br. The summed E-state index contributed by atoms with van der Waals surface area (Å²) in [5.41, 5.74) is 6.59. The Bertz CT molecular complexity index is 628. The first kappa shape index (κ1) is 13.2. The molecule has 0 fully saturated rings. The predicted molar refractivity (Wildman–Crippen MR) is 76.1 cm³/mol. The van der Waals surface area contributed by atoms with E-state index in [1.165, 1.54) is 12.1 Å². The number of carbonyl (C=O) groups excluding carboxylic acids is 1. The van der Waals surface area contributed by atoms with Gasteiger partial charge < -0.3 is 5.73 Å². The molecule has 0 aromatic heterocycles. The molecule has 0 heterocycles. The molecule has 2 aromatic carbocycles. The van der Waals surface area contributed by atoms with E-state index in [0.717, 1.165) is 0 Å². The molecule has 0 amide bonds. The van der Waals surface area contributed by atoms with E-state index >= 15 is 0 Å². The Kier molecular flexibility index (Phi) is 3.82. The smallest absolute Gasteiger partial charge is 0.196 e. The molecule has 2 nitrogen and oxygen atoms in total. The van der Waals surface area contributed by atoms with Gasteiger partial charge in [-0.1, -0.05) is 15.9 Å². The predicted octanol–water partition coefficient (Wildman–Crippen LogP) is 4.16. The third kappa shape index (κ3) is 2.62. The molecule has 5 heteroatoms. The van der Waals surface area contributed by atoms with Gasteiger partial charge in [-0.25, -0.2) is 4.39 Å². The number of ketones is 1. The fourth-order valence-electron chi connectivity index (χ4n) is 1.50. The highest BCUT2D eigenvalue weighted by atomic mass is 79.9. The molecule has 0 aliphatic rings. The lowest BCUT2D eigenvalue weighted by Gasteiger charge is -2.05. The van der Waals surface area contributed by atoms with Crippen LogP contribution in [0.15, 0.2) is 45.3 Å². The highest BCUT2D eigenvalue weighted by Crippen LogP contribution is 2.23. The fourth-order valence-corrected chi connectivity index (χ4v) is 2.21. The van der Waals surface area contributed by atoms with Crippen molar-refractivity contribution in [3.63, 3.8) is 0 Å². The van der Waals surface area contributed by atoms with Crippen LogP contribution in [0.25, 0.3) is 0 Å². The van der Waals surface area contributed by atoms with Crippen LogP contribution >= 0.6 is 31.9 Å². The van der Waals surface area contributed by atoms with Gasteiger partial charge in [0.25, 0.3) is 0 Å². The molecule has 0 atom stereocenters. The van der Waals surface area contributed by atoms with Crippen LogP contribution in [0.4, 0.5) is 10.1 Å². The lowest BCUT2D eigenvalue weighted by atomic mass is 10.0. The van der Waals surface area contributed by atoms with E-state index in [4.69, 9.17) is 5.73 Å². The zero-order valence-electron chi connectivity index (χ0n) is 9.08. The van der Waals surface area contributed by atoms with Crippen molar-refractivity contribution in [2.24, 2.45) is 0 Å². The van der Waals surface area contributed by atoms with Crippen molar-refractivity contribution in [2.75, 3.05) is 5.73 Å². The van der Waals surface area contributed by atoms with Gasteiger partial charge in [-0.3, -0.25) is 4.79 Å². The molecule has 0 unspecified atom stereocenters. The monoisotopic (exact) mass is 371 g/mol. The van der Waals surface area contributed by atoms with Crippen molar-refractivity contribution < 1.29 is 9.18 Å². The number of rotatable bonds is 2. The number of hydrogen-bond acceptors (Lipinski definition) is 2. The lowest BCUT2D eigenvalue weighted by Crippen LogP contribution is -2.04. The van der Waals surface area contributed by atoms with Crippen molar-refractivity contribution in [3.05, 3.63) is 62.3 Å². The Balaban J connectivity index is 2.44. The second kappa shape index (κ2) is 5.20. The lowest BCUT2D eigenvalue weighted by molar-refractivity contribution is 0.103. The normalized spacial score (nSPS) is 10.4. The largest absolute Gasteiger partial charge is 0.398 e. The first-order valence-corrected chi connectivity index (χ1v) is 6.62. The molecule has 18 heavy (non-hydrogen) atoms. The Morgan fingerprint density at radius 3 is 2.44 bits per heavy atom. The number of anilines is 1. The number of nitrogen functional groups attached to an aromatic ring is 1. The zero-order valence-corrected chi connectivity index (χ0v) is 12.3. The number of hydrogen-bond donors (Lipinski definition) is 1. The van der Waals surface area contributed by atoms with Gasteiger partial charge in [-0.15, -0.1) is 0 Å². The zero-order chi connectivity index (χ0) is 13.3. The van der Waals surface area contributed by atoms with Gasteiger partial charge in [0.2, 0.25) is 0 Å². The third-order valence-corrected chi connectivity index (χ3v) is 3.62. The Hall–Kier alpha value is -1.20. The Morgan fingerprint density at radius 1 is 1.11 bits per heavy atom. The minimum absolute atomic E-state index is 0.0369. The van der Waals surface area contributed by atoms with Crippen molar-refractivity contribution in [1.29, 1.82) is 0 Å². The number of halogens is 3. The molecule has 0 saturated heterocycles. The van der Waals surface area contributed by atoms with Crippen molar-refractivity contribution >= 4 is 43.3 Å². The van der Waals surface area contributed by atoms with E-state index < -0.39 is 5.82 Å². The average Bonchev–Trinajstić information content (AvgIpc) is 2.32. The molecule has 2 rings (SSSR count). The first-order valence-electron chi connectivity index (χ1n) is 5.04. The van der Waals surface area contributed by atoms with Crippen LogP contribution in [0.5, 0.6) is 0 Å². The van der Waals surface area contributed by atoms with Gasteiger partial charge in [0, 0.05) is 20.2 Å². The molecule has 0 saturated carbocycles. The summed E-state index contributed by atoms with van der Waals surface area (Å²) in [4.78, 5) is 12.1. The van der Waals surface area contributed by atoms with Crippen LogP contribution in [-0.2, 0) is 0 Å². The highest BCUT2D eigenvalue weighted by molar-refractivity contribution is 9.10. The maximum Gasteiger partial charge on any atom is 0.196 e. The van der Waals surface area contributed by atoms with Gasteiger partial charge in [-0.05, 0) is 52.3 Å². The van der Waals surface area contributed by atoms with Crippen molar-refractivity contribution in [1.82, 2.24) is 0 Å². The second-order valence-corrected chi connectivity index (χ2v) is 5.46. The molecule has 92 valence electrons. The summed E-state index contributed by atoms with van der Waals surface area (Å²) in [5.74, 6) is -0.928. The molecule has 0 bridgehead atoms. The van der Waals surface area contributed by atoms with Gasteiger partial charge in [0.05, 0.1) is 5.56 Å². The third-order valence-electron chi connectivity index (χ3n) is 2.44. The Labute approximate surface area is 120 Å². The highest BCUT2D eigenvalue weighted by Gasteiger charge is 2.14. The topological polar surface area (TPSA) is 43.1 Å². The molecule has 0 aliphatic heterocycles. The van der Waals surface area contributed by atoms with Crippen LogP contribution in [0.3, 0.4) is 0 Å². The van der Waals surface area contributed by atoms with Gasteiger partial charge in [0.15, 0.2) is 5.78 Å². The first-order chi connectivity index (χ1) is 8.49. The fraction of sp³-hybridized carbons (Fsp3) is 0.